The molecule has 266 valence electrons. The fraction of sp³-hybridized carbons (Fsp3) is 0. The molecular formula is C56H37N. The maximum atomic E-state index is 2.39. The molecule has 11 aromatic rings. The van der Waals surface area contributed by atoms with Gasteiger partial charge in [0.1, 0.15) is 0 Å². The average Bonchev–Trinajstić information content (AvgIpc) is 3.29. The molecule has 57 heavy (non-hydrogen) atoms. The first-order valence-corrected chi connectivity index (χ1v) is 19.7. The molecule has 0 unspecified atom stereocenters. The minimum Gasteiger partial charge on any atom is -0.310 e. The van der Waals surface area contributed by atoms with E-state index < -0.39 is 0 Å². The fourth-order valence-electron chi connectivity index (χ4n) is 8.88. The molecule has 0 heterocycles. The van der Waals surface area contributed by atoms with Crippen LogP contribution in [0.5, 0.6) is 0 Å². The van der Waals surface area contributed by atoms with Crippen molar-refractivity contribution in [2.45, 2.75) is 0 Å². The summed E-state index contributed by atoms with van der Waals surface area (Å²) in [5.74, 6) is 0. The monoisotopic (exact) mass is 723 g/mol. The number of hydrogen-bond donors (Lipinski definition) is 0. The van der Waals surface area contributed by atoms with Crippen LogP contribution in [0.1, 0.15) is 0 Å². The highest BCUT2D eigenvalue weighted by atomic mass is 15.1. The third-order valence-corrected chi connectivity index (χ3v) is 11.6. The SMILES string of the molecule is c1ccc(-c2cccc(N(c3ccc(-c4cccc5ccccc45)cc3)c3ccc(-c4cc5ccc6ccccc6c5c5c4ccc4ccccc45)cc3)c2)cc1. The Hall–Kier alpha value is -7.48. The number of anilines is 3. The Kier molecular flexibility index (Phi) is 7.89. The molecule has 0 bridgehead atoms. The Balaban J connectivity index is 1.06. The predicted octanol–water partition coefficient (Wildman–Crippen LogP) is 15.9. The first kappa shape index (κ1) is 32.9. The minimum atomic E-state index is 1.10. The van der Waals surface area contributed by atoms with Crippen molar-refractivity contribution in [1.29, 1.82) is 0 Å². The van der Waals surface area contributed by atoms with Gasteiger partial charge in [0.15, 0.2) is 0 Å². The van der Waals surface area contributed by atoms with E-state index in [-0.39, 0.29) is 0 Å². The van der Waals surface area contributed by atoms with Gasteiger partial charge in [-0.2, -0.15) is 0 Å². The molecule has 0 aliphatic heterocycles. The zero-order valence-electron chi connectivity index (χ0n) is 31.3. The first-order valence-electron chi connectivity index (χ1n) is 19.7. The summed E-state index contributed by atoms with van der Waals surface area (Å²) >= 11 is 0. The first-order chi connectivity index (χ1) is 28.3. The standard InChI is InChI=1S/C56H37N/c1-2-12-38(13-3-1)44-18-10-19-48(36-44)57(46-31-26-42(27-32-46)50-23-11-17-39-14-4-7-20-49(39)50)47-33-28-43(29-34-47)54-37-45-25-24-40-15-5-8-21-51(40)55(45)56-52-22-9-6-16-41(52)30-35-53(54)56/h1-37H. The third kappa shape index (κ3) is 5.72. The molecule has 0 N–H and O–H groups in total. The van der Waals surface area contributed by atoms with Crippen molar-refractivity contribution in [3.8, 4) is 33.4 Å². The molecule has 0 radical (unpaired) electrons. The van der Waals surface area contributed by atoms with Crippen LogP contribution in [-0.2, 0) is 0 Å². The summed E-state index contributed by atoms with van der Waals surface area (Å²) in [5, 5.41) is 12.7. The zero-order chi connectivity index (χ0) is 37.7. The van der Waals surface area contributed by atoms with E-state index in [0.717, 1.165) is 17.1 Å². The van der Waals surface area contributed by atoms with Gasteiger partial charge < -0.3 is 4.90 Å². The van der Waals surface area contributed by atoms with E-state index in [1.807, 2.05) is 0 Å². The highest BCUT2D eigenvalue weighted by Crippen LogP contribution is 2.43. The molecule has 0 amide bonds. The second kappa shape index (κ2) is 13.7. The van der Waals surface area contributed by atoms with Crippen molar-refractivity contribution < 1.29 is 0 Å². The maximum absolute atomic E-state index is 2.39. The molecule has 0 aliphatic carbocycles. The van der Waals surface area contributed by atoms with E-state index >= 15 is 0 Å². The second-order valence-electron chi connectivity index (χ2n) is 14.9. The van der Waals surface area contributed by atoms with Crippen LogP contribution in [0, 0.1) is 0 Å². The summed E-state index contributed by atoms with van der Waals surface area (Å²) < 4.78 is 0. The molecule has 0 aliphatic rings. The van der Waals surface area contributed by atoms with Crippen molar-refractivity contribution in [2.75, 3.05) is 4.90 Å². The molecule has 0 aromatic heterocycles. The van der Waals surface area contributed by atoms with Crippen LogP contribution in [0.15, 0.2) is 224 Å². The van der Waals surface area contributed by atoms with Crippen LogP contribution in [-0.4, -0.2) is 0 Å². The van der Waals surface area contributed by atoms with Crippen LogP contribution < -0.4 is 4.90 Å². The van der Waals surface area contributed by atoms with Gasteiger partial charge in [-0.1, -0.05) is 182 Å². The molecule has 0 atom stereocenters. The van der Waals surface area contributed by atoms with Crippen molar-refractivity contribution in [1.82, 2.24) is 0 Å². The average molecular weight is 724 g/mol. The smallest absolute Gasteiger partial charge is 0.0467 e. The molecular weight excluding hydrogens is 687 g/mol. The van der Waals surface area contributed by atoms with Crippen LogP contribution in [0.2, 0.25) is 0 Å². The van der Waals surface area contributed by atoms with Gasteiger partial charge in [-0.25, -0.2) is 0 Å². The van der Waals surface area contributed by atoms with E-state index in [1.165, 1.54) is 87.2 Å². The lowest BCUT2D eigenvalue weighted by atomic mass is 9.88. The number of rotatable bonds is 6. The number of benzene rings is 11. The van der Waals surface area contributed by atoms with Crippen molar-refractivity contribution in [3.05, 3.63) is 224 Å². The van der Waals surface area contributed by atoms with Crippen LogP contribution in [0.4, 0.5) is 17.1 Å². The van der Waals surface area contributed by atoms with Crippen molar-refractivity contribution in [2.24, 2.45) is 0 Å². The number of fused-ring (bicyclic) bond motifs is 8. The van der Waals surface area contributed by atoms with Gasteiger partial charge in [0.2, 0.25) is 0 Å². The normalized spacial score (nSPS) is 11.5. The number of nitrogens with zero attached hydrogens (tertiary/aromatic N) is 1. The summed E-state index contributed by atoms with van der Waals surface area (Å²) in [7, 11) is 0. The maximum Gasteiger partial charge on any atom is 0.0467 e. The van der Waals surface area contributed by atoms with E-state index in [9.17, 15) is 0 Å². The van der Waals surface area contributed by atoms with Gasteiger partial charge in [-0.3, -0.25) is 0 Å². The van der Waals surface area contributed by atoms with Gasteiger partial charge in [-0.15, -0.1) is 0 Å². The lowest BCUT2D eigenvalue weighted by Crippen LogP contribution is -2.10. The lowest BCUT2D eigenvalue weighted by Gasteiger charge is -2.26. The summed E-state index contributed by atoms with van der Waals surface area (Å²) in [4.78, 5) is 2.38. The van der Waals surface area contributed by atoms with Crippen molar-refractivity contribution in [3.63, 3.8) is 0 Å². The van der Waals surface area contributed by atoms with Crippen LogP contribution >= 0.6 is 0 Å². The fourth-order valence-corrected chi connectivity index (χ4v) is 8.88. The predicted molar refractivity (Wildman–Crippen MR) is 245 cm³/mol. The largest absolute Gasteiger partial charge is 0.310 e. The van der Waals surface area contributed by atoms with E-state index in [4.69, 9.17) is 0 Å². The summed E-state index contributed by atoms with van der Waals surface area (Å²) in [6, 6.07) is 82.0. The molecule has 1 heteroatoms. The van der Waals surface area contributed by atoms with Gasteiger partial charge >= 0.3 is 0 Å². The zero-order valence-corrected chi connectivity index (χ0v) is 31.3. The summed E-state index contributed by atoms with van der Waals surface area (Å²) in [6.07, 6.45) is 0. The second-order valence-corrected chi connectivity index (χ2v) is 14.9. The van der Waals surface area contributed by atoms with Crippen molar-refractivity contribution >= 4 is 70.9 Å². The van der Waals surface area contributed by atoms with Gasteiger partial charge in [-0.05, 0) is 130 Å². The third-order valence-electron chi connectivity index (χ3n) is 11.6. The Morgan fingerprint density at radius 2 is 0.737 bits per heavy atom. The van der Waals surface area contributed by atoms with E-state index in [1.54, 1.807) is 0 Å². The Morgan fingerprint density at radius 1 is 0.228 bits per heavy atom. The lowest BCUT2D eigenvalue weighted by molar-refractivity contribution is 1.28. The van der Waals surface area contributed by atoms with Crippen LogP contribution in [0.3, 0.4) is 0 Å². The van der Waals surface area contributed by atoms with Gasteiger partial charge in [0.25, 0.3) is 0 Å². The molecule has 0 saturated heterocycles. The van der Waals surface area contributed by atoms with Gasteiger partial charge in [0.05, 0.1) is 0 Å². The highest BCUT2D eigenvalue weighted by molar-refractivity contribution is 6.30. The molecule has 0 saturated carbocycles. The summed E-state index contributed by atoms with van der Waals surface area (Å²) in [5.41, 5.74) is 10.6. The van der Waals surface area contributed by atoms with Crippen LogP contribution in [0.25, 0.3) is 87.2 Å². The Morgan fingerprint density at radius 3 is 1.44 bits per heavy atom. The molecule has 1 nitrogen and oxygen atoms in total. The Labute approximate surface area is 332 Å². The molecule has 11 aromatic carbocycles. The molecule has 0 fully saturated rings. The highest BCUT2D eigenvalue weighted by Gasteiger charge is 2.17. The molecule has 11 rings (SSSR count). The summed E-state index contributed by atoms with van der Waals surface area (Å²) in [6.45, 7) is 0. The van der Waals surface area contributed by atoms with E-state index in [2.05, 4.69) is 229 Å². The Bertz CT molecular complexity index is 3270. The number of hydrogen-bond acceptors (Lipinski definition) is 1. The molecule has 0 spiro atoms. The quantitative estimate of drug-likeness (QED) is 0.154. The minimum absolute atomic E-state index is 1.10. The topological polar surface area (TPSA) is 3.24 Å². The van der Waals surface area contributed by atoms with E-state index in [0.29, 0.717) is 0 Å². The van der Waals surface area contributed by atoms with Gasteiger partial charge in [0, 0.05) is 17.1 Å².